The van der Waals surface area contributed by atoms with Crippen molar-refractivity contribution in [3.05, 3.63) is 48.2 Å². The number of carbonyl (C=O) groups excluding carboxylic acids is 1. The number of rotatable bonds is 8. The second-order valence-corrected chi connectivity index (χ2v) is 14.9. The minimum atomic E-state index is -4.55. The first-order chi connectivity index (χ1) is 23.9. The van der Waals surface area contributed by atoms with Crippen molar-refractivity contribution in [3.8, 4) is 16.9 Å². The van der Waals surface area contributed by atoms with Gasteiger partial charge in [-0.2, -0.15) is 23.3 Å². The molecule has 1 aliphatic carbocycles. The molecule has 2 aromatic heterocycles. The van der Waals surface area contributed by atoms with Gasteiger partial charge in [-0.25, -0.2) is 4.98 Å². The van der Waals surface area contributed by atoms with E-state index in [0.29, 0.717) is 61.2 Å². The lowest BCUT2D eigenvalue weighted by molar-refractivity contribution is -0.153. The molecule has 13 heteroatoms. The predicted molar refractivity (Wildman–Crippen MR) is 188 cm³/mol. The number of fused-ring (bicyclic) bond motifs is 2. The molecule has 8 rings (SSSR count). The Hall–Kier alpha value is -4.39. The smallest absolute Gasteiger partial charge is 0.422 e. The van der Waals surface area contributed by atoms with Gasteiger partial charge in [-0.15, -0.1) is 0 Å². The van der Waals surface area contributed by atoms with Crippen LogP contribution in [0, 0.1) is 12.3 Å². The second kappa shape index (κ2) is 12.1. The normalized spacial score (nSPS) is 20.7. The highest BCUT2D eigenvalue weighted by Crippen LogP contribution is 2.53. The number of ether oxygens (including phenoxy) is 1. The number of hydrogen-bond donors (Lipinski definition) is 1. The molecule has 10 nitrogen and oxygen atoms in total. The average Bonchev–Trinajstić information content (AvgIpc) is 3.59. The van der Waals surface area contributed by atoms with Gasteiger partial charge >= 0.3 is 6.18 Å². The number of carbonyl (C=O) groups is 1. The van der Waals surface area contributed by atoms with Gasteiger partial charge in [0, 0.05) is 67.1 Å². The number of piperidine rings is 1. The predicted octanol–water partition coefficient (Wildman–Crippen LogP) is 6.06. The molecule has 0 unspecified atom stereocenters. The number of halogens is 3. The van der Waals surface area contributed by atoms with Crippen LogP contribution in [0.4, 0.5) is 24.9 Å². The molecule has 1 saturated carbocycles. The summed E-state index contributed by atoms with van der Waals surface area (Å²) in [6.45, 7) is 8.49. The van der Waals surface area contributed by atoms with Gasteiger partial charge in [-0.3, -0.25) is 9.89 Å². The summed E-state index contributed by atoms with van der Waals surface area (Å²) < 4.78 is 48.1. The molecule has 0 radical (unpaired) electrons. The monoisotopic (exact) mass is 688 g/mol. The molecular formula is C37H43F3N8O2. The maximum Gasteiger partial charge on any atom is 0.422 e. The van der Waals surface area contributed by atoms with Gasteiger partial charge in [0.1, 0.15) is 11.3 Å². The third-order valence-electron chi connectivity index (χ3n) is 11.3. The number of benzene rings is 2. The van der Waals surface area contributed by atoms with Crippen LogP contribution >= 0.6 is 0 Å². The molecule has 4 aliphatic rings. The van der Waals surface area contributed by atoms with Gasteiger partial charge in [0.25, 0.3) is 0 Å². The van der Waals surface area contributed by atoms with Crippen LogP contribution in [0.2, 0.25) is 0 Å². The lowest BCUT2D eigenvalue weighted by atomic mass is 9.72. The minimum Gasteiger partial charge on any atom is -0.481 e. The molecule has 1 spiro atoms. The highest BCUT2D eigenvalue weighted by molar-refractivity contribution is 6.06. The highest BCUT2D eigenvalue weighted by atomic mass is 19.4. The van der Waals surface area contributed by atoms with Crippen LogP contribution in [0.3, 0.4) is 0 Å². The molecule has 1 amide bonds. The number of nitrogens with one attached hydrogen (secondary N) is 1. The van der Waals surface area contributed by atoms with Gasteiger partial charge < -0.3 is 24.3 Å². The average molecular weight is 689 g/mol. The Morgan fingerprint density at radius 1 is 1.08 bits per heavy atom. The number of nitrogens with zero attached hydrogens (tertiary/aromatic N) is 7. The molecule has 4 fully saturated rings. The zero-order valence-electron chi connectivity index (χ0n) is 28.8. The van der Waals surface area contributed by atoms with Crippen LogP contribution in [-0.2, 0) is 4.79 Å². The standard InChI is InChI=1S/C37H43F3N8O2/c1-5-29(49)48-19-36(20-48)11-14-46(15-12-36)34-26-16-25(23-7-8-23)31(30-22(2)6-9-28-27(30)17-41-44-28)33(50-21-37(38,39)40)32(26)42-35(43-34)47-13-10-24(18-47)45(3)4/h5-6,9,16-17,23-24H,1,7-8,10-15,18-21H2,2-4H3,(H,41,44)/t24-/m0/s1. The zero-order valence-corrected chi connectivity index (χ0v) is 28.8. The van der Waals surface area contributed by atoms with Gasteiger partial charge in [0.05, 0.1) is 11.7 Å². The quantitative estimate of drug-likeness (QED) is 0.224. The summed E-state index contributed by atoms with van der Waals surface area (Å²) >= 11 is 0. The van der Waals surface area contributed by atoms with Gasteiger partial charge in [-0.05, 0) is 93.9 Å². The van der Waals surface area contributed by atoms with E-state index >= 15 is 0 Å². The molecule has 2 aromatic carbocycles. The van der Waals surface area contributed by atoms with Crippen molar-refractivity contribution in [2.75, 3.05) is 69.8 Å². The maximum absolute atomic E-state index is 14.0. The third-order valence-corrected chi connectivity index (χ3v) is 11.3. The maximum atomic E-state index is 14.0. The number of aryl methyl sites for hydroxylation is 1. The number of amides is 1. The van der Waals surface area contributed by atoms with E-state index in [0.717, 1.165) is 72.1 Å². The summed E-state index contributed by atoms with van der Waals surface area (Å²) in [5.41, 5.74) is 4.62. The number of alkyl halides is 3. The summed E-state index contributed by atoms with van der Waals surface area (Å²) in [5, 5.41) is 8.86. The number of likely N-dealkylation sites (tertiary alicyclic amines) is 1. The molecule has 50 heavy (non-hydrogen) atoms. The van der Waals surface area contributed by atoms with Crippen molar-refractivity contribution in [1.29, 1.82) is 0 Å². The van der Waals surface area contributed by atoms with Gasteiger partial charge in [0.15, 0.2) is 12.4 Å². The molecule has 1 atom stereocenters. The van der Waals surface area contributed by atoms with E-state index in [-0.39, 0.29) is 23.0 Å². The number of likely N-dealkylation sites (N-methyl/N-ethyl adjacent to an activating group) is 1. The Kier molecular flexibility index (Phi) is 7.96. The second-order valence-electron chi connectivity index (χ2n) is 14.9. The van der Waals surface area contributed by atoms with Crippen LogP contribution in [0.5, 0.6) is 5.75 Å². The Morgan fingerprint density at radius 2 is 1.84 bits per heavy atom. The molecule has 0 bridgehead atoms. The van der Waals surface area contributed by atoms with E-state index in [4.69, 9.17) is 14.7 Å². The largest absolute Gasteiger partial charge is 0.481 e. The molecule has 3 saturated heterocycles. The Balaban J connectivity index is 1.31. The topological polar surface area (TPSA) is 93.7 Å². The van der Waals surface area contributed by atoms with E-state index in [1.807, 2.05) is 24.0 Å². The Bertz CT molecular complexity index is 1970. The lowest BCUT2D eigenvalue weighted by Crippen LogP contribution is -2.61. The summed E-state index contributed by atoms with van der Waals surface area (Å²) in [5.74, 6) is 1.53. The van der Waals surface area contributed by atoms with Crippen molar-refractivity contribution in [1.82, 2.24) is 30.0 Å². The molecule has 4 aromatic rings. The number of hydrogen-bond acceptors (Lipinski definition) is 8. The molecule has 264 valence electrons. The highest BCUT2D eigenvalue weighted by Gasteiger charge is 2.47. The Labute approximate surface area is 289 Å². The molecule has 1 N–H and O–H groups in total. The third kappa shape index (κ3) is 5.82. The number of anilines is 2. The fourth-order valence-corrected chi connectivity index (χ4v) is 8.24. The van der Waals surface area contributed by atoms with E-state index in [1.165, 1.54) is 6.08 Å². The fourth-order valence-electron chi connectivity index (χ4n) is 8.24. The number of aromatic nitrogens is 4. The number of aromatic amines is 1. The van der Waals surface area contributed by atoms with Crippen molar-refractivity contribution in [2.45, 2.75) is 57.2 Å². The van der Waals surface area contributed by atoms with Gasteiger partial charge in [-0.1, -0.05) is 12.6 Å². The van der Waals surface area contributed by atoms with Crippen LogP contribution < -0.4 is 14.5 Å². The zero-order chi connectivity index (χ0) is 34.9. The number of H-pyrrole nitrogens is 1. The van der Waals surface area contributed by atoms with Gasteiger partial charge in [0.2, 0.25) is 11.9 Å². The minimum absolute atomic E-state index is 0.0396. The fraction of sp³-hybridized carbons (Fsp3) is 0.514. The van der Waals surface area contributed by atoms with E-state index in [9.17, 15) is 18.0 Å². The van der Waals surface area contributed by atoms with E-state index < -0.39 is 12.8 Å². The SMILES string of the molecule is C=CC(=O)N1CC2(CCN(c3nc(N4CC[C@H](N(C)C)C4)nc4c(OCC(F)(F)F)c(-c5c(C)ccc6[nH]ncc56)c(C5CC5)cc34)CC2)C1. The van der Waals surface area contributed by atoms with Crippen LogP contribution in [-0.4, -0.2) is 108 Å². The van der Waals surface area contributed by atoms with Crippen LogP contribution in [0.25, 0.3) is 32.9 Å². The summed E-state index contributed by atoms with van der Waals surface area (Å²) in [4.78, 5) is 31.0. The first kappa shape index (κ1) is 32.8. The van der Waals surface area contributed by atoms with Crippen molar-refractivity contribution in [2.24, 2.45) is 5.41 Å². The summed E-state index contributed by atoms with van der Waals surface area (Å²) in [7, 11) is 4.12. The molecule has 5 heterocycles. The van der Waals surface area contributed by atoms with Crippen molar-refractivity contribution >= 4 is 39.5 Å². The van der Waals surface area contributed by atoms with Crippen molar-refractivity contribution < 1.29 is 22.7 Å². The lowest BCUT2D eigenvalue weighted by Gasteiger charge is -2.54. The van der Waals surface area contributed by atoms with Crippen molar-refractivity contribution in [3.63, 3.8) is 0 Å². The molecular weight excluding hydrogens is 645 g/mol. The molecule has 3 aliphatic heterocycles. The van der Waals surface area contributed by atoms with Crippen LogP contribution in [0.1, 0.15) is 49.1 Å². The van der Waals surface area contributed by atoms with E-state index in [2.05, 4.69) is 51.6 Å². The van der Waals surface area contributed by atoms with Crippen LogP contribution in [0.15, 0.2) is 37.1 Å². The first-order valence-corrected chi connectivity index (χ1v) is 17.5. The summed E-state index contributed by atoms with van der Waals surface area (Å²) in [6.07, 6.45) is 3.14. The Morgan fingerprint density at radius 3 is 2.50 bits per heavy atom. The first-order valence-electron chi connectivity index (χ1n) is 17.5. The summed E-state index contributed by atoms with van der Waals surface area (Å²) in [6, 6.07) is 6.35. The van der Waals surface area contributed by atoms with E-state index in [1.54, 1.807) is 6.20 Å².